The van der Waals surface area contributed by atoms with Crippen LogP contribution in [0.25, 0.3) is 0 Å². The number of anilines is 8. The smallest absolute Gasteiger partial charge is 0.269 e. The number of halogens is 3. The van der Waals surface area contributed by atoms with Gasteiger partial charge in [0, 0.05) is 147 Å². The van der Waals surface area contributed by atoms with E-state index in [9.17, 15) is 54.3 Å². The number of nitrogen functional groups attached to an aromatic ring is 4. The number of nitro groups is 3. The number of nitrogens with zero attached hydrogens (tertiary/aromatic N) is 3. The highest BCUT2D eigenvalue weighted by atomic mass is 128. The van der Waals surface area contributed by atoms with Gasteiger partial charge in [0.2, 0.25) is 0 Å². The van der Waals surface area contributed by atoms with E-state index in [1.807, 2.05) is 24.3 Å². The molecule has 0 aliphatic heterocycles. The van der Waals surface area contributed by atoms with Crippen molar-refractivity contribution in [3.63, 3.8) is 0 Å². The molecule has 11 aromatic rings. The van der Waals surface area contributed by atoms with Gasteiger partial charge in [-0.05, 0) is 242 Å². The molecule has 0 saturated heterocycles. The maximum atomic E-state index is 12.3. The van der Waals surface area contributed by atoms with E-state index in [0.717, 1.165) is 22.9 Å². The summed E-state index contributed by atoms with van der Waals surface area (Å²) in [6.07, 6.45) is 0. The normalized spacial score (nSPS) is 9.87. The van der Waals surface area contributed by atoms with Crippen molar-refractivity contribution in [3.05, 3.63) is 325 Å². The van der Waals surface area contributed by atoms with E-state index >= 15 is 0 Å². The molecule has 11 aromatic carbocycles. The average molecular weight is 1590 g/mol. The van der Waals surface area contributed by atoms with Crippen LogP contribution in [0, 0.1) is 30.3 Å². The number of amides is 4. The number of rotatable bonds is 18. The van der Waals surface area contributed by atoms with Crippen LogP contribution in [0.3, 0.4) is 0 Å². The molecule has 4 amide bonds. The quantitative estimate of drug-likeness (QED) is 0.0130. The van der Waals surface area contributed by atoms with Gasteiger partial charge in [0.25, 0.3) is 45.9 Å². The molecular formula is C72H60ClI2N11O14. The zero-order valence-corrected chi connectivity index (χ0v) is 56.5. The molecule has 0 spiro atoms. The molecule has 0 aromatic heterocycles. The summed E-state index contributed by atoms with van der Waals surface area (Å²) in [4.78, 5) is 89.8. The molecule has 0 atom stereocenters. The van der Waals surface area contributed by atoms with Crippen molar-refractivity contribution in [1.82, 2.24) is 0 Å². The van der Waals surface area contributed by atoms with E-state index < -0.39 is 31.8 Å². The summed E-state index contributed by atoms with van der Waals surface area (Å²) >= 11 is 9.37. The number of nitrogens with two attached hydrogens (primary N) is 4. The van der Waals surface area contributed by atoms with Crippen molar-refractivity contribution in [2.75, 3.05) is 44.2 Å². The Labute approximate surface area is 600 Å². The molecule has 0 radical (unpaired) electrons. The van der Waals surface area contributed by atoms with Crippen LogP contribution in [-0.4, -0.2) is 43.6 Å². The van der Waals surface area contributed by atoms with Crippen LogP contribution >= 0.6 is 48.8 Å². The molecule has 0 aliphatic carbocycles. The van der Waals surface area contributed by atoms with Crippen LogP contribution in [-0.2, 0) is 0 Å². The van der Waals surface area contributed by atoms with E-state index in [0.29, 0.717) is 68.2 Å². The van der Waals surface area contributed by atoms with Gasteiger partial charge < -0.3 is 58.4 Å². The largest absolute Gasteiger partial charge is 0.457 e. The number of nitro benzene ring substituents is 3. The molecule has 0 heterocycles. The third-order valence-corrected chi connectivity index (χ3v) is 13.5. The van der Waals surface area contributed by atoms with Crippen molar-refractivity contribution in [1.29, 1.82) is 0 Å². The molecule has 0 aliphatic rings. The number of hydrogen-bond acceptors (Lipinski definition) is 18. The number of carbonyl (C=O) groups excluding carboxylic acids is 5. The summed E-state index contributed by atoms with van der Waals surface area (Å²) in [5.41, 5.74) is 29.0. The second-order valence-electron chi connectivity index (χ2n) is 20.3. The molecule has 0 unspecified atom stereocenters. The van der Waals surface area contributed by atoms with E-state index in [-0.39, 0.29) is 53.0 Å². The number of benzene rings is 11. The summed E-state index contributed by atoms with van der Waals surface area (Å²) < 4.78 is 17.2. The number of carbonyl (C=O) groups is 5. The highest BCUT2D eigenvalue weighted by Crippen LogP contribution is 2.29. The Morgan fingerprint density at radius 2 is 0.450 bits per heavy atom. The molecule has 508 valence electrons. The second-order valence-corrected chi connectivity index (χ2v) is 20.6. The number of nitrogens with one attached hydrogen (secondary N) is 4. The predicted molar refractivity (Wildman–Crippen MR) is 405 cm³/mol. The number of hydrogen-bond donors (Lipinski definition) is 8. The van der Waals surface area contributed by atoms with Crippen molar-refractivity contribution in [2.45, 2.75) is 7.43 Å². The monoisotopic (exact) mass is 1590 g/mol. The lowest BCUT2D eigenvalue weighted by atomic mass is 10.2. The van der Waals surface area contributed by atoms with Gasteiger partial charge in [-0.1, -0.05) is 7.43 Å². The zero-order chi connectivity index (χ0) is 71.4. The Hall–Kier alpha value is -12.5. The van der Waals surface area contributed by atoms with Gasteiger partial charge in [-0.15, -0.1) is 0 Å². The summed E-state index contributed by atoms with van der Waals surface area (Å²) in [6, 6.07) is 70.9. The van der Waals surface area contributed by atoms with Gasteiger partial charge in [-0.25, -0.2) is 0 Å². The van der Waals surface area contributed by atoms with Crippen molar-refractivity contribution < 1.29 is 53.0 Å². The van der Waals surface area contributed by atoms with E-state index in [4.69, 9.17) is 48.7 Å². The van der Waals surface area contributed by atoms with E-state index in [2.05, 4.69) is 58.5 Å². The molecule has 11 rings (SSSR count). The Balaban J connectivity index is 0.000000226. The Kier molecular flexibility index (Phi) is 29.3. The van der Waals surface area contributed by atoms with Crippen LogP contribution in [0.4, 0.5) is 62.6 Å². The van der Waals surface area contributed by atoms with Crippen LogP contribution in [0.1, 0.15) is 59.2 Å². The van der Waals surface area contributed by atoms with E-state index in [1.54, 1.807) is 170 Å². The Bertz CT molecular complexity index is 4260. The molecule has 100 heavy (non-hydrogen) atoms. The molecular weight excluding hydrogens is 1530 g/mol. The van der Waals surface area contributed by atoms with Gasteiger partial charge in [0.15, 0.2) is 0 Å². The maximum Gasteiger partial charge on any atom is 0.269 e. The third kappa shape index (κ3) is 24.6. The van der Waals surface area contributed by atoms with Crippen LogP contribution < -0.4 is 58.4 Å². The average Bonchev–Trinajstić information content (AvgIpc) is 0.876. The number of ether oxygens (including phenoxy) is 3. The Morgan fingerprint density at radius 3 is 0.630 bits per heavy atom. The lowest BCUT2D eigenvalue weighted by Crippen LogP contribution is -2.11. The fraction of sp³-hybridized carbons (Fsp3) is 0.0139. The van der Waals surface area contributed by atoms with Crippen LogP contribution in [0.2, 0.25) is 0 Å². The summed E-state index contributed by atoms with van der Waals surface area (Å²) in [6.45, 7) is 0. The van der Waals surface area contributed by atoms with Gasteiger partial charge in [-0.3, -0.25) is 54.3 Å². The Morgan fingerprint density at radius 1 is 0.290 bits per heavy atom. The standard InChI is InChI=1S/C26H18N4O7.C26H22N4O3.C12H12N2O.C7H4ClNO3.CH4.I2/c31-25(17-1-9-21(10-2-17)29(33)34)27-19-5-13-23(14-6-19)37-24-15-7-20(8-16-24)28-26(32)18-3-11-22(12-4-18)30(35)36;27-19-5-1-17(2-6-19)25(31)29-21-9-13-23(14-10-21)33-24-15-11-22(12-16-24)30-26(32)18-3-7-20(28)8-4-18;13-9-1-5-11(6-2-9)15-12-7-3-10(14)4-8-12;8-7(10)5-1-3-6(4-2-5)9(11)12;;1-2/h1-16H,(H,27,31)(H,28,32);1-16H,27-28H2,(H,29,31)(H,30,32);1-8H,13-14H2;1-4H;1H4;. The lowest BCUT2D eigenvalue weighted by molar-refractivity contribution is -0.385. The van der Waals surface area contributed by atoms with E-state index in [1.165, 1.54) is 72.8 Å². The summed E-state index contributed by atoms with van der Waals surface area (Å²) in [5, 5.41) is 42.1. The summed E-state index contributed by atoms with van der Waals surface area (Å²) in [7, 11) is 0. The SMILES string of the molecule is C.II.Nc1ccc(C(=O)Nc2ccc(Oc3ccc(NC(=O)c4ccc(N)cc4)cc3)cc2)cc1.Nc1ccc(Oc2ccc(N)cc2)cc1.O=C(Cl)c1ccc([N+](=O)[O-])cc1.O=C(Nc1ccc(Oc2ccc(NC(=O)c3ccc([N+](=O)[O-])cc3)cc2)cc1)c1ccc([N+](=O)[O-])cc1. The second kappa shape index (κ2) is 38.3. The number of non-ortho nitro benzene ring substituents is 3. The third-order valence-electron chi connectivity index (χ3n) is 13.2. The van der Waals surface area contributed by atoms with Gasteiger partial charge >= 0.3 is 0 Å². The first-order chi connectivity index (χ1) is 47.6. The van der Waals surface area contributed by atoms with Crippen molar-refractivity contribution >= 4 is 140 Å². The first-order valence-corrected chi connectivity index (χ1v) is 35.4. The molecule has 0 saturated carbocycles. The summed E-state index contributed by atoms with van der Waals surface area (Å²) in [5.74, 6) is 2.50. The van der Waals surface area contributed by atoms with Crippen LogP contribution in [0.15, 0.2) is 267 Å². The fourth-order valence-corrected chi connectivity index (χ4v) is 8.30. The predicted octanol–water partition coefficient (Wildman–Crippen LogP) is 18.0. The van der Waals surface area contributed by atoms with Gasteiger partial charge in [0.05, 0.1) is 14.8 Å². The minimum atomic E-state index is -0.620. The molecule has 28 heteroatoms. The van der Waals surface area contributed by atoms with Gasteiger partial charge in [0.1, 0.15) is 34.5 Å². The topological polar surface area (TPSA) is 395 Å². The lowest BCUT2D eigenvalue weighted by Gasteiger charge is -2.10. The maximum absolute atomic E-state index is 12.3. The first-order valence-electron chi connectivity index (χ1n) is 28.8. The highest BCUT2D eigenvalue weighted by molar-refractivity contribution is 15.0. The van der Waals surface area contributed by atoms with Gasteiger partial charge in [-0.2, -0.15) is 0 Å². The first kappa shape index (κ1) is 76.5. The minimum Gasteiger partial charge on any atom is -0.457 e. The molecule has 25 nitrogen and oxygen atoms in total. The molecule has 0 bridgehead atoms. The fourth-order valence-electron chi connectivity index (χ4n) is 8.17. The molecule has 12 N–H and O–H groups in total. The van der Waals surface area contributed by atoms with Crippen molar-refractivity contribution in [3.8, 4) is 34.5 Å². The molecule has 0 fully saturated rings. The highest BCUT2D eigenvalue weighted by Gasteiger charge is 2.14. The minimum absolute atomic E-state index is 0. The van der Waals surface area contributed by atoms with Crippen LogP contribution in [0.5, 0.6) is 34.5 Å². The van der Waals surface area contributed by atoms with Crippen molar-refractivity contribution in [2.24, 2.45) is 0 Å². The zero-order valence-electron chi connectivity index (χ0n) is 51.4.